The van der Waals surface area contributed by atoms with Crippen LogP contribution in [-0.2, 0) is 13.9 Å². The number of alkyl halides is 2. The molecule has 0 bridgehead atoms. The zero-order valence-corrected chi connectivity index (χ0v) is 21.5. The van der Waals surface area contributed by atoms with Crippen LogP contribution in [0.1, 0.15) is 78.6 Å². The van der Waals surface area contributed by atoms with E-state index in [1.807, 2.05) is 20.8 Å². The number of phosphoric ester groups is 1. The third kappa shape index (κ3) is 4.61. The molecule has 202 valence electrons. The number of rotatable bonds is 6. The monoisotopic (exact) mass is 524 g/mol. The first-order valence-corrected chi connectivity index (χ1v) is 14.2. The Labute approximate surface area is 204 Å². The molecule has 0 aromatic carbocycles. The van der Waals surface area contributed by atoms with Crippen molar-refractivity contribution in [1.29, 1.82) is 0 Å². The summed E-state index contributed by atoms with van der Waals surface area (Å²) in [5, 5.41) is 30.7. The topological polar surface area (TPSA) is 145 Å². The van der Waals surface area contributed by atoms with Gasteiger partial charge in [0.25, 0.3) is 0 Å². The van der Waals surface area contributed by atoms with Gasteiger partial charge in [-0.05, 0) is 72.5 Å². The second kappa shape index (κ2) is 8.70. The molecule has 0 spiro atoms. The maximum atomic E-state index is 16.8. The van der Waals surface area contributed by atoms with Gasteiger partial charge in [-0.25, -0.2) is 17.9 Å². The minimum atomic E-state index is -5.25. The van der Waals surface area contributed by atoms with E-state index >= 15 is 4.39 Å². The summed E-state index contributed by atoms with van der Waals surface area (Å²) in [5.74, 6) is -8.88. The summed E-state index contributed by atoms with van der Waals surface area (Å²) in [7, 11) is -5.25. The standard InChI is InChI=1S/C24H39F2O8P/c1-13(4-7-19(28)29)15-5-6-16-20-17(10-18(27)22(15,16)3)21(2)8-9-23(25,30)11-14(21)12-24(20,26)34-35(31,32)33/h13-18,20,27,30H,4-12H2,1-3H3,(H,28,29)(H2,31,32,33). The predicted octanol–water partition coefficient (Wildman–Crippen LogP) is 4.16. The van der Waals surface area contributed by atoms with E-state index in [1.165, 1.54) is 0 Å². The van der Waals surface area contributed by atoms with E-state index < -0.39 is 72.5 Å². The van der Waals surface area contributed by atoms with Crippen LogP contribution in [0.3, 0.4) is 0 Å². The Hall–Kier alpha value is -0.640. The first-order valence-electron chi connectivity index (χ1n) is 12.7. The minimum absolute atomic E-state index is 0.0131. The molecule has 0 amide bonds. The highest BCUT2D eigenvalue weighted by atomic mass is 31.2. The highest BCUT2D eigenvalue weighted by molar-refractivity contribution is 7.46. The van der Waals surface area contributed by atoms with Gasteiger partial charge in [0.05, 0.1) is 6.10 Å². The molecule has 35 heavy (non-hydrogen) atoms. The number of aliphatic hydroxyl groups excluding tert-OH is 1. The van der Waals surface area contributed by atoms with Gasteiger partial charge >= 0.3 is 13.8 Å². The van der Waals surface area contributed by atoms with Crippen LogP contribution in [0.25, 0.3) is 0 Å². The molecule has 4 aliphatic carbocycles. The van der Waals surface area contributed by atoms with Crippen LogP contribution in [0, 0.1) is 46.3 Å². The molecule has 0 radical (unpaired) electrons. The van der Waals surface area contributed by atoms with Gasteiger partial charge in [-0.1, -0.05) is 20.8 Å². The minimum Gasteiger partial charge on any atom is -0.481 e. The third-order valence-corrected chi connectivity index (χ3v) is 11.2. The quantitative estimate of drug-likeness (QED) is 0.326. The second-order valence-electron chi connectivity index (χ2n) is 12.3. The van der Waals surface area contributed by atoms with E-state index in [1.54, 1.807) is 0 Å². The smallest absolute Gasteiger partial charge is 0.472 e. The predicted molar refractivity (Wildman–Crippen MR) is 121 cm³/mol. The van der Waals surface area contributed by atoms with Crippen molar-refractivity contribution in [3.05, 3.63) is 0 Å². The Bertz CT molecular complexity index is 897. The molecule has 4 aliphatic rings. The Morgan fingerprint density at radius 3 is 2.40 bits per heavy atom. The second-order valence-corrected chi connectivity index (χ2v) is 13.5. The van der Waals surface area contributed by atoms with Gasteiger partial charge in [-0.15, -0.1) is 0 Å². The summed E-state index contributed by atoms with van der Waals surface area (Å²) < 4.78 is 48.2. The lowest BCUT2D eigenvalue weighted by molar-refractivity contribution is -0.290. The first kappa shape index (κ1) is 27.4. The molecular weight excluding hydrogens is 485 g/mol. The van der Waals surface area contributed by atoms with Crippen molar-refractivity contribution >= 4 is 13.8 Å². The molecule has 0 saturated heterocycles. The fraction of sp³-hybridized carbons (Fsp3) is 0.958. The number of carboxylic acids is 1. The molecule has 8 nitrogen and oxygen atoms in total. The van der Waals surface area contributed by atoms with Crippen LogP contribution in [0.4, 0.5) is 8.78 Å². The molecule has 11 unspecified atom stereocenters. The fourth-order valence-corrected chi connectivity index (χ4v) is 9.50. The van der Waals surface area contributed by atoms with Gasteiger partial charge in [-0.3, -0.25) is 4.79 Å². The van der Waals surface area contributed by atoms with Gasteiger partial charge in [0.2, 0.25) is 11.7 Å². The zero-order chi connectivity index (χ0) is 26.2. The van der Waals surface area contributed by atoms with Crippen molar-refractivity contribution in [1.82, 2.24) is 0 Å². The van der Waals surface area contributed by atoms with Crippen LogP contribution in [-0.4, -0.2) is 48.9 Å². The van der Waals surface area contributed by atoms with Crippen LogP contribution in [0.2, 0.25) is 0 Å². The highest BCUT2D eigenvalue weighted by Gasteiger charge is 2.72. The summed E-state index contributed by atoms with van der Waals surface area (Å²) in [6, 6.07) is 0. The molecule has 0 aromatic heterocycles. The summed E-state index contributed by atoms with van der Waals surface area (Å²) in [6.07, 6.45) is 0.251. The van der Waals surface area contributed by atoms with Crippen molar-refractivity contribution in [3.63, 3.8) is 0 Å². The highest BCUT2D eigenvalue weighted by Crippen LogP contribution is 2.72. The molecule has 0 aliphatic heterocycles. The molecule has 5 N–H and O–H groups in total. The first-order chi connectivity index (χ1) is 15.9. The molecule has 0 heterocycles. The molecular formula is C24H39F2O8P. The summed E-state index contributed by atoms with van der Waals surface area (Å²) >= 11 is 0. The number of phosphoric acid groups is 1. The molecule has 4 rings (SSSR count). The van der Waals surface area contributed by atoms with Crippen LogP contribution in [0.15, 0.2) is 0 Å². The Kier molecular flexibility index (Phi) is 6.81. The van der Waals surface area contributed by atoms with E-state index in [9.17, 15) is 33.7 Å². The van der Waals surface area contributed by atoms with Gasteiger partial charge in [0.1, 0.15) is 0 Å². The van der Waals surface area contributed by atoms with Crippen LogP contribution >= 0.6 is 7.82 Å². The Balaban J connectivity index is 1.75. The summed E-state index contributed by atoms with van der Waals surface area (Å²) in [6.45, 7) is 5.75. The Morgan fingerprint density at radius 2 is 1.80 bits per heavy atom. The summed E-state index contributed by atoms with van der Waals surface area (Å²) in [5.41, 5.74) is -1.42. The fourth-order valence-electron chi connectivity index (χ4n) is 8.91. The largest absolute Gasteiger partial charge is 0.481 e. The normalized spacial score (nSPS) is 50.7. The lowest BCUT2D eigenvalue weighted by Gasteiger charge is -2.65. The Morgan fingerprint density at radius 1 is 1.14 bits per heavy atom. The van der Waals surface area contributed by atoms with Crippen molar-refractivity contribution < 1.29 is 47.8 Å². The molecule has 4 saturated carbocycles. The SMILES string of the molecule is CC(CCC(=O)O)C1CCC2C3C(CC(O)C12C)C1(C)CCC(O)(F)CC1CC3(F)OP(=O)(O)O. The van der Waals surface area contributed by atoms with Crippen molar-refractivity contribution in [2.75, 3.05) is 0 Å². The van der Waals surface area contributed by atoms with E-state index in [0.29, 0.717) is 19.3 Å². The van der Waals surface area contributed by atoms with E-state index in [0.717, 1.165) is 0 Å². The van der Waals surface area contributed by atoms with E-state index in [4.69, 9.17) is 9.63 Å². The van der Waals surface area contributed by atoms with Crippen LogP contribution in [0.5, 0.6) is 0 Å². The van der Waals surface area contributed by atoms with Gasteiger partial charge in [0, 0.05) is 31.6 Å². The number of halogens is 2. The molecule has 11 heteroatoms. The number of fused-ring (bicyclic) bond motifs is 5. The van der Waals surface area contributed by atoms with Crippen molar-refractivity contribution in [3.8, 4) is 0 Å². The average Bonchev–Trinajstić information content (AvgIpc) is 3.05. The molecule has 0 aromatic rings. The lowest BCUT2D eigenvalue weighted by Crippen LogP contribution is -2.66. The van der Waals surface area contributed by atoms with E-state index in [2.05, 4.69) is 0 Å². The number of carbonyl (C=O) groups is 1. The van der Waals surface area contributed by atoms with E-state index in [-0.39, 0.29) is 43.9 Å². The number of aliphatic hydroxyl groups is 2. The molecule has 4 fully saturated rings. The van der Waals surface area contributed by atoms with Crippen LogP contribution < -0.4 is 0 Å². The molecule has 11 atom stereocenters. The van der Waals surface area contributed by atoms with Crippen molar-refractivity contribution in [2.45, 2.75) is 96.4 Å². The average molecular weight is 525 g/mol. The van der Waals surface area contributed by atoms with Crippen molar-refractivity contribution in [2.24, 2.45) is 46.3 Å². The number of aliphatic carboxylic acids is 1. The summed E-state index contributed by atoms with van der Waals surface area (Å²) in [4.78, 5) is 30.4. The van der Waals surface area contributed by atoms with Gasteiger partial charge in [0.15, 0.2) is 0 Å². The van der Waals surface area contributed by atoms with Gasteiger partial charge in [-0.2, -0.15) is 0 Å². The van der Waals surface area contributed by atoms with Gasteiger partial charge < -0.3 is 25.1 Å². The number of hydrogen-bond acceptors (Lipinski definition) is 5. The zero-order valence-electron chi connectivity index (χ0n) is 20.6. The number of carboxylic acid groups (broad SMARTS) is 1. The maximum Gasteiger partial charge on any atom is 0.472 e. The number of hydrogen-bond donors (Lipinski definition) is 5. The lowest BCUT2D eigenvalue weighted by atomic mass is 9.42. The maximum absolute atomic E-state index is 16.8. The third-order valence-electron chi connectivity index (χ3n) is 10.6.